The molecule has 0 saturated heterocycles. The van der Waals surface area contributed by atoms with Gasteiger partial charge in [0.25, 0.3) is 0 Å². The first-order chi connectivity index (χ1) is 71.8. The van der Waals surface area contributed by atoms with Gasteiger partial charge in [0.2, 0.25) is 0 Å². The van der Waals surface area contributed by atoms with Crippen molar-refractivity contribution in [1.29, 1.82) is 0 Å². The van der Waals surface area contributed by atoms with Crippen molar-refractivity contribution in [3.8, 4) is 0 Å². The van der Waals surface area contributed by atoms with Crippen molar-refractivity contribution >= 4 is 13.3 Å². The summed E-state index contributed by atoms with van der Waals surface area (Å²) in [5.74, 6) is -1.22. The van der Waals surface area contributed by atoms with Crippen molar-refractivity contribution in [2.75, 3.05) is 0 Å². The molecule has 0 atom stereocenters. The van der Waals surface area contributed by atoms with Crippen molar-refractivity contribution in [3.05, 3.63) is 308 Å². The lowest BCUT2D eigenvalue weighted by molar-refractivity contribution is -0.232. The Labute approximate surface area is 822 Å². The molecule has 9 aromatic rings. The molecule has 0 nitrogen and oxygen atoms in total. The van der Waals surface area contributed by atoms with E-state index in [1.165, 1.54) is 75.4 Å². The molecule has 0 aliphatic heterocycles. The molecule has 0 radical (unpaired) electrons. The molecule has 9 aromatic carbocycles. The third-order valence-corrected chi connectivity index (χ3v) is 28.4. The molecular formula is C120H176F6Si. The molecule has 0 heterocycles. The Morgan fingerprint density at radius 2 is 0.748 bits per heavy atom. The monoisotopic (exact) mass is 1790 g/mol. The summed E-state index contributed by atoms with van der Waals surface area (Å²) in [5.41, 5.74) is 9.80. The molecule has 127 heavy (non-hydrogen) atoms. The zero-order chi connectivity index (χ0) is 124. The predicted octanol–water partition coefficient (Wildman–Crippen LogP) is 37.1. The van der Waals surface area contributed by atoms with E-state index in [0.29, 0.717) is 79.5 Å². The minimum atomic E-state index is -4.76. The molecule has 3 aliphatic carbocycles. The van der Waals surface area contributed by atoms with E-state index in [1.807, 2.05) is 127 Å². The maximum Gasteiger partial charge on any atom is 0.394 e. The average molecular weight is 1790 g/mol. The third-order valence-electron chi connectivity index (χ3n) is 26.4. The quantitative estimate of drug-likeness (QED) is 0.0668. The molecule has 3 saturated carbocycles. The van der Waals surface area contributed by atoms with Crippen LogP contribution in [0.3, 0.4) is 0 Å². The fraction of sp³-hybridized carbons (Fsp3) is 0.550. The van der Waals surface area contributed by atoms with Crippen molar-refractivity contribution in [2.45, 2.75) is 410 Å². The van der Waals surface area contributed by atoms with E-state index in [0.717, 1.165) is 160 Å². The van der Waals surface area contributed by atoms with Crippen LogP contribution in [0.15, 0.2) is 164 Å². The average Bonchev–Trinajstić information content (AvgIpc) is 0.831. The lowest BCUT2D eigenvalue weighted by Crippen LogP contribution is -2.47. The molecule has 0 aromatic heterocycles. The number of hydrogen-bond donors (Lipinski definition) is 0. The Hall–Kier alpha value is -7.22. The van der Waals surface area contributed by atoms with Gasteiger partial charge in [-0.05, 0) is 373 Å². The van der Waals surface area contributed by atoms with Crippen LogP contribution in [0.2, 0.25) is 19.6 Å². The first-order valence-corrected chi connectivity index (χ1v) is 49.0. The Bertz CT molecular complexity index is 5890. The van der Waals surface area contributed by atoms with E-state index in [9.17, 15) is 26.3 Å². The maximum atomic E-state index is 13.3. The fourth-order valence-electron chi connectivity index (χ4n) is 14.8. The van der Waals surface area contributed by atoms with Crippen LogP contribution >= 0.6 is 0 Å². The fourth-order valence-corrected chi connectivity index (χ4v) is 16.0. The van der Waals surface area contributed by atoms with Gasteiger partial charge in [0, 0.05) is 50.7 Å². The van der Waals surface area contributed by atoms with E-state index < -0.39 is 123 Å². The first kappa shape index (κ1) is 69.6. The van der Waals surface area contributed by atoms with Crippen molar-refractivity contribution < 1.29 is 71.6 Å². The lowest BCUT2D eigenvalue weighted by Gasteiger charge is -2.43. The molecule has 7 heteroatoms. The summed E-state index contributed by atoms with van der Waals surface area (Å²) >= 11 is 0. The topological polar surface area (TPSA) is 0 Å². The highest BCUT2D eigenvalue weighted by molar-refractivity contribution is 6.88. The van der Waals surface area contributed by atoms with Gasteiger partial charge >= 0.3 is 12.4 Å². The van der Waals surface area contributed by atoms with Gasteiger partial charge in [0.15, 0.2) is 0 Å². The van der Waals surface area contributed by atoms with Gasteiger partial charge < -0.3 is 0 Å². The molecule has 12 rings (SSSR count). The van der Waals surface area contributed by atoms with E-state index in [1.54, 1.807) is 63.2 Å². The summed E-state index contributed by atoms with van der Waals surface area (Å²) in [7, 11) is -1.42. The highest BCUT2D eigenvalue weighted by Gasteiger charge is 2.57. The van der Waals surface area contributed by atoms with Crippen LogP contribution in [0.25, 0.3) is 0 Å². The Balaban J connectivity index is 0.000000374. The Morgan fingerprint density at radius 3 is 1.18 bits per heavy atom. The molecule has 0 spiro atoms. The zero-order valence-corrected chi connectivity index (χ0v) is 83.0. The summed E-state index contributed by atoms with van der Waals surface area (Å²) in [6, 6.07) is 47.3. The smallest absolute Gasteiger partial charge is 0.171 e. The molecule has 3 fully saturated rings. The first-order valence-electron chi connectivity index (χ1n) is 62.0. The van der Waals surface area contributed by atoms with Crippen LogP contribution in [-0.4, -0.2) is 20.4 Å². The van der Waals surface area contributed by atoms with E-state index in [-0.39, 0.29) is 39.0 Å². The standard InChI is InChI=1S/C15H21F3.C15H22.C14H20.C14H22.C13H17F3.C13H18.C13H20.C12H18.C11H18Si/c1-10-7-8-12(9-11(10)2)13(3,4)14(5,6)15(16,17)18;1-12-6-7-14(10-13(12)2)11-15(3)8-4-5-9-15;1-11-7-8-14(9-12(11)2)10-13-5-3-4-6-13;1-6-14(5,7-2)13-9-8-11(3)12(4)10-13;1-9-5-6-11(7-10(9)2)8-12(3,4)13(14,15)16;1-10-7-8-13(9-11(10)2)12-5-3-4-6-12;1-5-12(6-2)13-8-7-10(3)11(4)9-13;2*1-9-6-7-11(8-10(9)2)12(3,4)5/h7-9H,1-6H3;6-7,10H,4-5,8-9,11H2,1-3H3;7-9,13H,3-6,10H2,1-2H3;8-10H,6-7H2,1-5H3;5-7H,8H2,1-4H3;7-9,12H,3-6H2,1-2H3;7-9,12H,5-6H2,1-4H3;2*6-8H,1-5H3/i2*2D3;2D3,10D2;4D3;2D3,8D2;2D3,12D;4D3,12D;2*2D3. The van der Waals surface area contributed by atoms with Gasteiger partial charge in [0.1, 0.15) is 0 Å². The molecule has 0 bridgehead atoms. The van der Waals surface area contributed by atoms with Gasteiger partial charge in [-0.2, -0.15) is 26.3 Å². The molecular weight excluding hydrogens is 1580 g/mol. The number of rotatable bonds is 16. The van der Waals surface area contributed by atoms with Crippen molar-refractivity contribution in [1.82, 2.24) is 0 Å². The largest absolute Gasteiger partial charge is 0.394 e. The Kier molecular flexibility index (Phi) is 27.0. The van der Waals surface area contributed by atoms with E-state index in [2.05, 4.69) is 86.3 Å². The van der Waals surface area contributed by atoms with Gasteiger partial charge in [-0.15, -0.1) is 0 Å². The SMILES string of the molecule is [2H]C([2H])([2H])c1cc(C(C)(C)C(C)(C)C(F)(F)F)ccc1C.[2H]C([2H])([2H])c1cc(C(C)(C)C)ccc1C.[2H]C([2H])([2H])c1cc(C(C)(CC)CC)ccc1C.[2H]C([2H])([2H])c1cc(C([2H])(CC)CC)ccc1C.[2H]C([2H])([2H])c1cc(C([2H])([2H])C(C)(C)C(F)(F)F)ccc1C.[2H]C([2H])([2H])c1cc(C([2H])([2H])C2CCCC2)ccc1C.[2H]C([2H])([2H])c1cc(C2([2H])CCCC2)ccc1C.[2H]C([2H])([2H])c1cc(CC2(C)CCCC2)ccc1C.[2H]C([2H])([2H])c1cc([Si](C)(C)C)ccc1C. The number of aryl methyl sites for hydroxylation is 18. The second kappa shape index (κ2) is 49.3. The van der Waals surface area contributed by atoms with Gasteiger partial charge in [0.05, 0.1) is 18.9 Å². The second-order valence-electron chi connectivity index (χ2n) is 39.6. The summed E-state index contributed by atoms with van der Waals surface area (Å²) < 4.78 is 331. The Morgan fingerprint density at radius 1 is 0.394 bits per heavy atom. The summed E-state index contributed by atoms with van der Waals surface area (Å²) in [6.07, 6.45) is 4.02. The summed E-state index contributed by atoms with van der Waals surface area (Å²) in [5, 5.41) is 1.21. The van der Waals surface area contributed by atoms with Crippen LogP contribution in [0.4, 0.5) is 26.3 Å². The minimum absolute atomic E-state index is 0.00625. The van der Waals surface area contributed by atoms with Crippen LogP contribution in [0.1, 0.15) is 408 Å². The summed E-state index contributed by atoms with van der Waals surface area (Å²) in [6.45, 7) is 29.3. The molecule has 0 N–H and O–H groups in total. The zero-order valence-electron chi connectivity index (χ0n) is 115. The number of benzene rings is 9. The highest BCUT2D eigenvalue weighted by Crippen LogP contribution is 2.52. The summed E-state index contributed by atoms with van der Waals surface area (Å²) in [4.78, 5) is 0. The maximum absolute atomic E-state index is 13.3. The molecule has 702 valence electrons. The number of hydrogen-bond acceptors (Lipinski definition) is 0. The van der Waals surface area contributed by atoms with Crippen molar-refractivity contribution in [2.24, 2.45) is 22.2 Å². The van der Waals surface area contributed by atoms with E-state index >= 15 is 0 Å². The normalized spacial score (nSPS) is 19.6. The van der Waals surface area contributed by atoms with Crippen LogP contribution < -0.4 is 5.19 Å². The van der Waals surface area contributed by atoms with Gasteiger partial charge in [-0.1, -0.05) is 344 Å². The minimum Gasteiger partial charge on any atom is -0.171 e. The lowest BCUT2D eigenvalue weighted by atomic mass is 9.63. The van der Waals surface area contributed by atoms with Crippen LogP contribution in [0, 0.1) is 146 Å². The molecule has 3 aliphatic rings. The third kappa shape index (κ3) is 34.8. The van der Waals surface area contributed by atoms with E-state index in [4.69, 9.17) is 45.2 Å². The number of alkyl halides is 6. The predicted molar refractivity (Wildman–Crippen MR) is 550 cm³/mol. The van der Waals surface area contributed by atoms with Crippen LogP contribution in [0.5, 0.6) is 0 Å². The number of halogens is 6. The van der Waals surface area contributed by atoms with Crippen LogP contribution in [-0.2, 0) is 35.4 Å². The van der Waals surface area contributed by atoms with Crippen molar-refractivity contribution in [3.63, 3.8) is 0 Å². The molecule has 0 unspecified atom stereocenters. The highest BCUT2D eigenvalue weighted by atomic mass is 28.3. The van der Waals surface area contributed by atoms with Gasteiger partial charge in [-0.3, -0.25) is 0 Å². The van der Waals surface area contributed by atoms with Gasteiger partial charge in [-0.25, -0.2) is 0 Å². The molecule has 0 amide bonds. The second-order valence-corrected chi connectivity index (χ2v) is 44.7.